The van der Waals surface area contributed by atoms with E-state index in [0.29, 0.717) is 5.76 Å². The fourth-order valence-electron chi connectivity index (χ4n) is 4.60. The molecule has 1 heteroatoms. The number of unbranched alkanes of at least 4 members (excludes halogenated alkanes) is 3. The molecule has 38 heavy (non-hydrogen) atoms. The molecule has 3 aromatic rings. The van der Waals surface area contributed by atoms with Gasteiger partial charge in [-0.2, -0.15) is 0 Å². The second-order valence-electron chi connectivity index (χ2n) is 10.3. The van der Waals surface area contributed by atoms with Gasteiger partial charge < -0.3 is 4.74 Å². The van der Waals surface area contributed by atoms with Crippen LogP contribution in [-0.4, -0.2) is 0 Å². The topological polar surface area (TPSA) is 9.23 Å². The van der Waals surface area contributed by atoms with Gasteiger partial charge >= 0.3 is 0 Å². The zero-order chi connectivity index (χ0) is 27.5. The van der Waals surface area contributed by atoms with Gasteiger partial charge in [-0.25, -0.2) is 0 Å². The molecule has 0 radical (unpaired) electrons. The lowest BCUT2D eigenvalue weighted by atomic mass is 9.89. The highest BCUT2D eigenvalue weighted by Gasteiger charge is 2.15. The van der Waals surface area contributed by atoms with E-state index in [1.807, 2.05) is 6.92 Å². The molecule has 0 amide bonds. The Balaban J connectivity index is 1.98. The van der Waals surface area contributed by atoms with Crippen molar-refractivity contribution in [2.24, 2.45) is 0 Å². The maximum Gasteiger partial charge on any atom is 0.131 e. The van der Waals surface area contributed by atoms with Crippen LogP contribution in [0.4, 0.5) is 0 Å². The molecular weight excluding hydrogens is 460 g/mol. The molecule has 0 saturated carbocycles. The molecule has 0 aliphatic carbocycles. The quantitative estimate of drug-likeness (QED) is 0.114. The van der Waals surface area contributed by atoms with E-state index >= 15 is 0 Å². The standard InChI is InChI=1S/C37H44O/c1-8-11-13-14-30-16-18-31(19-17-30)32-20-22-33(23-21-32)36-26-37(38-29(7)10-3)34(15-12-9-2)25-35(36)24-28(6)27(4)5/h10,16-23,25-26H,3-4,6-9,11-15,24H2,1-2,5H3. The van der Waals surface area contributed by atoms with Crippen LogP contribution >= 0.6 is 0 Å². The van der Waals surface area contributed by atoms with Crippen LogP contribution in [0, 0.1) is 0 Å². The molecule has 3 rings (SSSR count). The summed E-state index contributed by atoms with van der Waals surface area (Å²) in [6, 6.07) is 22.3. The van der Waals surface area contributed by atoms with Crippen molar-refractivity contribution in [1.29, 1.82) is 0 Å². The minimum Gasteiger partial charge on any atom is -0.458 e. The molecule has 0 unspecified atom stereocenters. The maximum atomic E-state index is 6.15. The molecule has 0 bridgehead atoms. The SMILES string of the molecule is C=CC(=C)Oc1cc(-c2ccc(-c3ccc(CCCCC)cc3)cc2)c(CC(=C)C(=C)C)cc1CCCC. The van der Waals surface area contributed by atoms with Crippen molar-refractivity contribution in [3.05, 3.63) is 127 Å². The molecule has 0 aliphatic heterocycles. The van der Waals surface area contributed by atoms with E-state index in [9.17, 15) is 0 Å². The van der Waals surface area contributed by atoms with Gasteiger partial charge in [0.1, 0.15) is 11.5 Å². The number of hydrogen-bond donors (Lipinski definition) is 0. The third-order valence-corrected chi connectivity index (χ3v) is 7.11. The smallest absolute Gasteiger partial charge is 0.131 e. The summed E-state index contributed by atoms with van der Waals surface area (Å²) in [6.07, 6.45) is 10.6. The fourth-order valence-corrected chi connectivity index (χ4v) is 4.60. The first kappa shape index (κ1) is 29.0. The van der Waals surface area contributed by atoms with Crippen molar-refractivity contribution < 1.29 is 4.74 Å². The summed E-state index contributed by atoms with van der Waals surface area (Å²) in [7, 11) is 0. The third-order valence-electron chi connectivity index (χ3n) is 7.11. The first-order chi connectivity index (χ1) is 18.4. The van der Waals surface area contributed by atoms with Crippen LogP contribution in [0.5, 0.6) is 5.75 Å². The first-order valence-electron chi connectivity index (χ1n) is 14.0. The number of aryl methyl sites for hydroxylation is 2. The predicted molar refractivity (Wildman–Crippen MR) is 167 cm³/mol. The lowest BCUT2D eigenvalue weighted by Crippen LogP contribution is -2.01. The van der Waals surface area contributed by atoms with Crippen LogP contribution < -0.4 is 4.74 Å². The third kappa shape index (κ3) is 7.96. The molecule has 0 N–H and O–H groups in total. The van der Waals surface area contributed by atoms with Crippen LogP contribution in [-0.2, 0) is 19.3 Å². The highest BCUT2D eigenvalue weighted by Crippen LogP contribution is 2.36. The van der Waals surface area contributed by atoms with Gasteiger partial charge in [0, 0.05) is 0 Å². The Bertz CT molecular complexity index is 1260. The lowest BCUT2D eigenvalue weighted by Gasteiger charge is -2.19. The number of hydrogen-bond acceptors (Lipinski definition) is 1. The van der Waals surface area contributed by atoms with Crippen LogP contribution in [0.2, 0.25) is 0 Å². The van der Waals surface area contributed by atoms with Crippen LogP contribution in [0.15, 0.2) is 110 Å². The van der Waals surface area contributed by atoms with Crippen LogP contribution in [0.1, 0.15) is 69.6 Å². The Morgan fingerprint density at radius 1 is 0.737 bits per heavy atom. The lowest BCUT2D eigenvalue weighted by molar-refractivity contribution is 0.441. The molecule has 0 spiro atoms. The molecule has 0 heterocycles. The normalized spacial score (nSPS) is 10.7. The van der Waals surface area contributed by atoms with E-state index in [0.717, 1.165) is 60.1 Å². The highest BCUT2D eigenvalue weighted by molar-refractivity contribution is 5.74. The van der Waals surface area contributed by atoms with Crippen molar-refractivity contribution in [2.45, 2.75) is 72.1 Å². The van der Waals surface area contributed by atoms with Crippen LogP contribution in [0.25, 0.3) is 22.3 Å². The second kappa shape index (κ2) is 14.4. The van der Waals surface area contributed by atoms with Crippen molar-refractivity contribution in [3.8, 4) is 28.0 Å². The van der Waals surface area contributed by atoms with E-state index in [1.165, 1.54) is 47.1 Å². The summed E-state index contributed by atoms with van der Waals surface area (Å²) >= 11 is 0. The summed E-state index contributed by atoms with van der Waals surface area (Å²) in [5.41, 5.74) is 10.7. The van der Waals surface area contributed by atoms with Crippen molar-refractivity contribution >= 4 is 0 Å². The molecule has 0 atom stereocenters. The fraction of sp³-hybridized carbons (Fsp3) is 0.297. The average molecular weight is 505 g/mol. The molecule has 1 nitrogen and oxygen atoms in total. The minimum atomic E-state index is 0.557. The van der Waals surface area contributed by atoms with Crippen molar-refractivity contribution in [3.63, 3.8) is 0 Å². The van der Waals surface area contributed by atoms with Gasteiger partial charge in [-0.15, -0.1) is 0 Å². The Morgan fingerprint density at radius 2 is 1.34 bits per heavy atom. The summed E-state index contributed by atoms with van der Waals surface area (Å²) in [6.45, 7) is 22.7. The van der Waals surface area contributed by atoms with Gasteiger partial charge in [-0.05, 0) is 95.7 Å². The molecule has 3 aromatic carbocycles. The molecule has 0 fully saturated rings. The van der Waals surface area contributed by atoms with Gasteiger partial charge in [0.25, 0.3) is 0 Å². The van der Waals surface area contributed by atoms with E-state index in [-0.39, 0.29) is 0 Å². The average Bonchev–Trinajstić information content (AvgIpc) is 2.93. The molecule has 0 saturated heterocycles. The van der Waals surface area contributed by atoms with E-state index in [4.69, 9.17) is 4.74 Å². The molecule has 0 aromatic heterocycles. The summed E-state index contributed by atoms with van der Waals surface area (Å²) in [5, 5.41) is 0. The number of benzene rings is 3. The maximum absolute atomic E-state index is 6.15. The minimum absolute atomic E-state index is 0.557. The van der Waals surface area contributed by atoms with Gasteiger partial charge in [0.15, 0.2) is 0 Å². The Labute approximate surface area is 231 Å². The van der Waals surface area contributed by atoms with E-state index in [2.05, 4.69) is 101 Å². The first-order valence-corrected chi connectivity index (χ1v) is 14.0. The number of ether oxygens (including phenoxy) is 1. The Kier molecular flexibility index (Phi) is 11.0. The molecular formula is C37H44O. The summed E-state index contributed by atoms with van der Waals surface area (Å²) in [5.74, 6) is 1.41. The number of rotatable bonds is 15. The van der Waals surface area contributed by atoms with Gasteiger partial charge in [0.05, 0.1) is 0 Å². The monoisotopic (exact) mass is 504 g/mol. The highest BCUT2D eigenvalue weighted by atomic mass is 16.5. The Morgan fingerprint density at radius 3 is 1.92 bits per heavy atom. The zero-order valence-corrected chi connectivity index (χ0v) is 23.7. The van der Waals surface area contributed by atoms with E-state index < -0.39 is 0 Å². The zero-order valence-electron chi connectivity index (χ0n) is 23.7. The predicted octanol–water partition coefficient (Wildman–Crippen LogP) is 10.8. The molecule has 198 valence electrons. The largest absolute Gasteiger partial charge is 0.458 e. The van der Waals surface area contributed by atoms with Gasteiger partial charge in [0.2, 0.25) is 0 Å². The van der Waals surface area contributed by atoms with Gasteiger partial charge in [-0.1, -0.05) is 120 Å². The van der Waals surface area contributed by atoms with Crippen LogP contribution in [0.3, 0.4) is 0 Å². The molecule has 0 aliphatic rings. The summed E-state index contributed by atoms with van der Waals surface area (Å²) < 4.78 is 6.15. The van der Waals surface area contributed by atoms with Crippen molar-refractivity contribution in [1.82, 2.24) is 0 Å². The van der Waals surface area contributed by atoms with E-state index in [1.54, 1.807) is 6.08 Å². The van der Waals surface area contributed by atoms with Crippen molar-refractivity contribution in [2.75, 3.05) is 0 Å². The summed E-state index contributed by atoms with van der Waals surface area (Å²) in [4.78, 5) is 0. The number of allylic oxidation sites excluding steroid dienone is 3. The Hall–Kier alpha value is -3.58. The van der Waals surface area contributed by atoms with Gasteiger partial charge in [-0.3, -0.25) is 0 Å². The second-order valence-corrected chi connectivity index (χ2v) is 10.3.